The van der Waals surface area contributed by atoms with Gasteiger partial charge in [0.2, 0.25) is 5.54 Å². The van der Waals surface area contributed by atoms with Crippen LogP contribution < -0.4 is 5.73 Å². The zero-order chi connectivity index (χ0) is 15.5. The van der Waals surface area contributed by atoms with Gasteiger partial charge in [-0.05, 0) is 31.2 Å². The van der Waals surface area contributed by atoms with Crippen LogP contribution in [-0.2, 0) is 11.2 Å². The summed E-state index contributed by atoms with van der Waals surface area (Å²) in [5, 5.41) is 11.7. The minimum absolute atomic E-state index is 0.0243. The summed E-state index contributed by atoms with van der Waals surface area (Å²) >= 11 is 0. The van der Waals surface area contributed by atoms with Crippen molar-refractivity contribution in [3.63, 3.8) is 0 Å². The lowest BCUT2D eigenvalue weighted by Gasteiger charge is -2.42. The van der Waals surface area contributed by atoms with Crippen LogP contribution in [0, 0.1) is 16.0 Å². The summed E-state index contributed by atoms with van der Waals surface area (Å²) in [6, 6.07) is 10.0. The lowest BCUT2D eigenvalue weighted by Crippen LogP contribution is -2.59. The van der Waals surface area contributed by atoms with Crippen molar-refractivity contribution in [3.8, 4) is 0 Å². The van der Waals surface area contributed by atoms with Crippen LogP contribution >= 0.6 is 0 Å². The topological polar surface area (TPSA) is 78.4 Å². The molecule has 0 saturated heterocycles. The average Bonchev–Trinajstić information content (AvgIpc) is 2.48. The highest BCUT2D eigenvalue weighted by atomic mass is 16.6. The van der Waals surface area contributed by atoms with E-state index in [2.05, 4.69) is 12.1 Å². The molecule has 1 saturated carbocycles. The van der Waals surface area contributed by atoms with Crippen molar-refractivity contribution < 1.29 is 9.66 Å². The summed E-state index contributed by atoms with van der Waals surface area (Å²) in [5.74, 6) is -0.0681. The monoisotopic (exact) mass is 292 g/mol. The molecule has 1 fully saturated rings. The second kappa shape index (κ2) is 6.54. The molecule has 5 nitrogen and oxygen atoms in total. The number of benzene rings is 1. The third-order valence-corrected chi connectivity index (χ3v) is 4.88. The van der Waals surface area contributed by atoms with E-state index in [1.165, 1.54) is 5.56 Å². The average molecular weight is 292 g/mol. The van der Waals surface area contributed by atoms with Gasteiger partial charge in [0.05, 0.1) is 0 Å². The number of rotatable bonds is 5. The second-order valence-corrected chi connectivity index (χ2v) is 6.16. The predicted octanol–water partition coefficient (Wildman–Crippen LogP) is 2.41. The number of ether oxygens (including phenoxy) is 1. The zero-order valence-corrected chi connectivity index (χ0v) is 12.7. The van der Waals surface area contributed by atoms with Gasteiger partial charge < -0.3 is 10.5 Å². The number of hydrogen-bond donors (Lipinski definition) is 1. The molecule has 2 N–H and O–H groups in total. The third-order valence-electron chi connectivity index (χ3n) is 4.88. The lowest BCUT2D eigenvalue weighted by atomic mass is 9.68. The Labute approximate surface area is 125 Å². The van der Waals surface area contributed by atoms with Crippen molar-refractivity contribution >= 4 is 0 Å². The predicted molar refractivity (Wildman–Crippen MR) is 81.7 cm³/mol. The molecule has 2 rings (SSSR count). The highest BCUT2D eigenvalue weighted by molar-refractivity contribution is 5.15. The number of nitrogens with zero attached hydrogens (tertiary/aromatic N) is 1. The van der Waals surface area contributed by atoms with E-state index < -0.39 is 11.6 Å². The Kier molecular flexibility index (Phi) is 4.96. The normalized spacial score (nSPS) is 32.8. The molecule has 0 spiro atoms. The van der Waals surface area contributed by atoms with Crippen LogP contribution in [0.15, 0.2) is 30.3 Å². The van der Waals surface area contributed by atoms with E-state index >= 15 is 0 Å². The second-order valence-electron chi connectivity index (χ2n) is 6.16. The van der Waals surface area contributed by atoms with Crippen LogP contribution in [0.3, 0.4) is 0 Å². The van der Waals surface area contributed by atoms with E-state index in [1.807, 2.05) is 18.2 Å². The molecule has 1 aromatic rings. The minimum Gasteiger partial charge on any atom is -0.374 e. The van der Waals surface area contributed by atoms with Crippen LogP contribution in [0.1, 0.15) is 31.7 Å². The standard InChI is InChI=1S/C16H24N2O3/c1-16(18(19)20)13(10-14(17)11-15(16)21-2)9-8-12-6-4-3-5-7-12/h3-7,13-15H,8-11,17H2,1-2H3. The van der Waals surface area contributed by atoms with Gasteiger partial charge in [0, 0.05) is 30.9 Å². The summed E-state index contributed by atoms with van der Waals surface area (Å²) in [6.45, 7) is 1.71. The Balaban J connectivity index is 2.15. The minimum atomic E-state index is -1.06. The van der Waals surface area contributed by atoms with E-state index in [0.717, 1.165) is 12.8 Å². The fraction of sp³-hybridized carbons (Fsp3) is 0.625. The quantitative estimate of drug-likeness (QED) is 0.667. The molecule has 0 radical (unpaired) electrons. The van der Waals surface area contributed by atoms with Crippen molar-refractivity contribution in [1.82, 2.24) is 0 Å². The SMILES string of the molecule is COC1CC(N)CC(CCc2ccccc2)C1(C)[N+](=O)[O-]. The van der Waals surface area contributed by atoms with Gasteiger partial charge in [-0.1, -0.05) is 30.3 Å². The van der Waals surface area contributed by atoms with Gasteiger partial charge in [0.25, 0.3) is 0 Å². The molecule has 21 heavy (non-hydrogen) atoms. The number of hydrogen-bond acceptors (Lipinski definition) is 4. The van der Waals surface area contributed by atoms with Gasteiger partial charge in [0.1, 0.15) is 6.10 Å². The van der Waals surface area contributed by atoms with Crippen LogP contribution in [-0.4, -0.2) is 29.7 Å². The summed E-state index contributed by atoms with van der Waals surface area (Å²) in [7, 11) is 1.54. The Morgan fingerprint density at radius 1 is 1.38 bits per heavy atom. The molecule has 0 aromatic heterocycles. The maximum Gasteiger partial charge on any atom is 0.247 e. The summed E-state index contributed by atoms with van der Waals surface area (Å²) in [5.41, 5.74) is 6.23. The molecule has 0 aliphatic heterocycles. The van der Waals surface area contributed by atoms with E-state index in [9.17, 15) is 10.1 Å². The van der Waals surface area contributed by atoms with Gasteiger partial charge >= 0.3 is 0 Å². The highest BCUT2D eigenvalue weighted by Gasteiger charge is 2.56. The molecule has 4 atom stereocenters. The first-order valence-corrected chi connectivity index (χ1v) is 7.45. The first-order chi connectivity index (χ1) is 9.98. The molecule has 1 aromatic carbocycles. The van der Waals surface area contributed by atoms with Crippen molar-refractivity contribution in [1.29, 1.82) is 0 Å². The molecular formula is C16H24N2O3. The van der Waals surface area contributed by atoms with E-state index in [0.29, 0.717) is 12.8 Å². The molecule has 1 aliphatic rings. The highest BCUT2D eigenvalue weighted by Crippen LogP contribution is 2.39. The zero-order valence-electron chi connectivity index (χ0n) is 12.7. The molecule has 5 heteroatoms. The van der Waals surface area contributed by atoms with Gasteiger partial charge in [-0.2, -0.15) is 0 Å². The molecule has 0 bridgehead atoms. The van der Waals surface area contributed by atoms with Crippen molar-refractivity contribution in [2.45, 2.75) is 50.3 Å². The van der Waals surface area contributed by atoms with Crippen LogP contribution in [0.5, 0.6) is 0 Å². The summed E-state index contributed by atoms with van der Waals surface area (Å²) < 4.78 is 5.40. The molecule has 0 heterocycles. The first kappa shape index (κ1) is 15.9. The molecule has 1 aliphatic carbocycles. The van der Waals surface area contributed by atoms with E-state index in [4.69, 9.17) is 10.5 Å². The van der Waals surface area contributed by atoms with Crippen LogP contribution in [0.25, 0.3) is 0 Å². The van der Waals surface area contributed by atoms with Gasteiger partial charge in [-0.3, -0.25) is 10.1 Å². The number of nitro groups is 1. The Morgan fingerprint density at radius 3 is 2.62 bits per heavy atom. The van der Waals surface area contributed by atoms with E-state index in [-0.39, 0.29) is 16.9 Å². The van der Waals surface area contributed by atoms with Gasteiger partial charge in [-0.25, -0.2) is 0 Å². The number of nitrogens with two attached hydrogens (primary N) is 1. The lowest BCUT2D eigenvalue weighted by molar-refractivity contribution is -0.593. The third kappa shape index (κ3) is 3.24. The molecule has 116 valence electrons. The Bertz CT molecular complexity index is 480. The molecule has 4 unspecified atom stereocenters. The first-order valence-electron chi connectivity index (χ1n) is 7.45. The fourth-order valence-corrected chi connectivity index (χ4v) is 3.47. The Hall–Kier alpha value is -1.46. The van der Waals surface area contributed by atoms with Crippen molar-refractivity contribution in [2.24, 2.45) is 11.7 Å². The Morgan fingerprint density at radius 2 is 2.05 bits per heavy atom. The van der Waals surface area contributed by atoms with E-state index in [1.54, 1.807) is 14.0 Å². The van der Waals surface area contributed by atoms with Crippen LogP contribution in [0.4, 0.5) is 0 Å². The van der Waals surface area contributed by atoms with Crippen molar-refractivity contribution in [2.75, 3.05) is 7.11 Å². The summed E-state index contributed by atoms with van der Waals surface area (Å²) in [6.07, 6.45) is 2.41. The maximum absolute atomic E-state index is 11.7. The smallest absolute Gasteiger partial charge is 0.247 e. The number of aryl methyl sites for hydroxylation is 1. The maximum atomic E-state index is 11.7. The largest absolute Gasteiger partial charge is 0.374 e. The fourth-order valence-electron chi connectivity index (χ4n) is 3.47. The molecular weight excluding hydrogens is 268 g/mol. The summed E-state index contributed by atoms with van der Waals surface area (Å²) in [4.78, 5) is 11.5. The van der Waals surface area contributed by atoms with Crippen LogP contribution in [0.2, 0.25) is 0 Å². The van der Waals surface area contributed by atoms with Crippen molar-refractivity contribution in [3.05, 3.63) is 46.0 Å². The molecule has 0 amide bonds. The van der Waals surface area contributed by atoms with Gasteiger partial charge in [0.15, 0.2) is 0 Å². The number of methoxy groups -OCH3 is 1. The van der Waals surface area contributed by atoms with Gasteiger partial charge in [-0.15, -0.1) is 0 Å².